The van der Waals surface area contributed by atoms with E-state index in [9.17, 15) is 9.90 Å². The van der Waals surface area contributed by atoms with Gasteiger partial charge in [0.2, 0.25) is 0 Å². The Balaban J connectivity index is 1.54. The molecule has 1 saturated heterocycles. The van der Waals surface area contributed by atoms with Gasteiger partial charge in [-0.25, -0.2) is 4.98 Å². The molecule has 6 heteroatoms. The number of furan rings is 1. The first-order valence-corrected chi connectivity index (χ1v) is 10.8. The van der Waals surface area contributed by atoms with E-state index in [1.54, 1.807) is 12.3 Å². The molecule has 3 aromatic rings. The Hall–Kier alpha value is -2.86. The number of piperidine rings is 1. The molecule has 2 aliphatic rings. The van der Waals surface area contributed by atoms with Gasteiger partial charge in [0, 0.05) is 36.6 Å². The molecule has 6 nitrogen and oxygen atoms in total. The highest BCUT2D eigenvalue weighted by molar-refractivity contribution is 5.94. The summed E-state index contributed by atoms with van der Waals surface area (Å²) in [7, 11) is 0. The zero-order valence-electron chi connectivity index (χ0n) is 17.3. The Kier molecular flexibility index (Phi) is 4.95. The van der Waals surface area contributed by atoms with Crippen LogP contribution in [0, 0.1) is 6.92 Å². The molecule has 2 fully saturated rings. The van der Waals surface area contributed by atoms with Crippen LogP contribution in [0.2, 0.25) is 0 Å². The van der Waals surface area contributed by atoms with Crippen molar-refractivity contribution in [2.45, 2.75) is 51.3 Å². The summed E-state index contributed by atoms with van der Waals surface area (Å²) in [6.07, 6.45) is 6.39. The number of hydrogen-bond donors (Lipinski definition) is 1. The van der Waals surface area contributed by atoms with Crippen LogP contribution in [0.3, 0.4) is 0 Å². The van der Waals surface area contributed by atoms with Crippen LogP contribution in [0.5, 0.6) is 0 Å². The van der Waals surface area contributed by atoms with Crippen LogP contribution in [-0.2, 0) is 6.54 Å². The van der Waals surface area contributed by atoms with Crippen molar-refractivity contribution in [1.82, 2.24) is 9.88 Å². The number of benzene rings is 1. The highest BCUT2D eigenvalue weighted by Gasteiger charge is 2.34. The molecule has 1 aliphatic carbocycles. The SMILES string of the molecule is Cc1cccc2cc(CN(C(=O)c3ccoc3)C3CC3)c(N3CCC(O)CC3)nc12. The van der Waals surface area contributed by atoms with Gasteiger partial charge in [-0.15, -0.1) is 0 Å². The van der Waals surface area contributed by atoms with Crippen LogP contribution >= 0.6 is 0 Å². The average Bonchev–Trinajstić information content (AvgIpc) is 3.44. The molecule has 1 aliphatic heterocycles. The minimum absolute atomic E-state index is 0.00982. The highest BCUT2D eigenvalue weighted by atomic mass is 16.3. The number of rotatable bonds is 5. The monoisotopic (exact) mass is 405 g/mol. The summed E-state index contributed by atoms with van der Waals surface area (Å²) in [4.78, 5) is 22.4. The lowest BCUT2D eigenvalue weighted by Crippen LogP contribution is -2.38. The highest BCUT2D eigenvalue weighted by Crippen LogP contribution is 2.34. The van der Waals surface area contributed by atoms with Gasteiger partial charge in [-0.1, -0.05) is 18.2 Å². The summed E-state index contributed by atoms with van der Waals surface area (Å²) in [6, 6.07) is 10.4. The van der Waals surface area contributed by atoms with Crippen LogP contribution in [0.4, 0.5) is 5.82 Å². The summed E-state index contributed by atoms with van der Waals surface area (Å²) < 4.78 is 5.14. The fourth-order valence-electron chi connectivity index (χ4n) is 4.34. The lowest BCUT2D eigenvalue weighted by molar-refractivity contribution is 0.0729. The fourth-order valence-corrected chi connectivity index (χ4v) is 4.34. The average molecular weight is 405 g/mol. The molecule has 0 radical (unpaired) electrons. The number of aliphatic hydroxyl groups is 1. The molecule has 1 saturated carbocycles. The molecule has 1 aromatic carbocycles. The zero-order chi connectivity index (χ0) is 20.7. The van der Waals surface area contributed by atoms with Gasteiger partial charge in [0.1, 0.15) is 12.1 Å². The third-order valence-corrected chi connectivity index (χ3v) is 6.22. The van der Waals surface area contributed by atoms with E-state index < -0.39 is 0 Å². The number of amides is 1. The second kappa shape index (κ2) is 7.76. The molecule has 0 unspecified atom stereocenters. The number of aryl methyl sites for hydroxylation is 1. The van der Waals surface area contributed by atoms with Crippen molar-refractivity contribution in [3.8, 4) is 0 Å². The van der Waals surface area contributed by atoms with Crippen molar-refractivity contribution in [3.63, 3.8) is 0 Å². The lowest BCUT2D eigenvalue weighted by Gasteiger charge is -2.33. The number of para-hydroxylation sites is 1. The number of hydrogen-bond acceptors (Lipinski definition) is 5. The number of fused-ring (bicyclic) bond motifs is 1. The molecule has 156 valence electrons. The Morgan fingerprint density at radius 1 is 1.23 bits per heavy atom. The van der Waals surface area contributed by atoms with E-state index in [2.05, 4.69) is 36.1 Å². The van der Waals surface area contributed by atoms with E-state index in [1.807, 2.05) is 4.90 Å². The van der Waals surface area contributed by atoms with Crippen molar-refractivity contribution in [3.05, 3.63) is 59.5 Å². The predicted molar refractivity (Wildman–Crippen MR) is 116 cm³/mol. The topological polar surface area (TPSA) is 69.8 Å². The van der Waals surface area contributed by atoms with E-state index in [-0.39, 0.29) is 18.1 Å². The van der Waals surface area contributed by atoms with Crippen LogP contribution in [0.1, 0.15) is 47.2 Å². The number of carbonyl (C=O) groups excluding carboxylic acids is 1. The molecule has 1 amide bonds. The first-order chi connectivity index (χ1) is 14.6. The molecule has 3 heterocycles. The van der Waals surface area contributed by atoms with Gasteiger partial charge in [0.05, 0.1) is 23.4 Å². The van der Waals surface area contributed by atoms with Crippen LogP contribution in [0.15, 0.2) is 47.3 Å². The molecule has 0 atom stereocenters. The van der Waals surface area contributed by atoms with Crippen LogP contribution in [-0.4, -0.2) is 46.1 Å². The third kappa shape index (κ3) is 3.67. The number of aromatic nitrogens is 1. The fraction of sp³-hybridized carbons (Fsp3) is 0.417. The summed E-state index contributed by atoms with van der Waals surface area (Å²) in [6.45, 7) is 4.16. The number of anilines is 1. The van der Waals surface area contributed by atoms with Gasteiger partial charge < -0.3 is 19.3 Å². The predicted octanol–water partition coefficient (Wildman–Crippen LogP) is 3.90. The van der Waals surface area contributed by atoms with Gasteiger partial charge in [-0.05, 0) is 50.3 Å². The third-order valence-electron chi connectivity index (χ3n) is 6.22. The zero-order valence-corrected chi connectivity index (χ0v) is 17.3. The van der Waals surface area contributed by atoms with E-state index in [0.29, 0.717) is 12.1 Å². The molecule has 30 heavy (non-hydrogen) atoms. The Morgan fingerprint density at radius 2 is 2.03 bits per heavy atom. The van der Waals surface area contributed by atoms with E-state index in [1.165, 1.54) is 6.26 Å². The standard InChI is InChI=1S/C24H27N3O3/c1-16-3-2-4-17-13-19(23(25-22(16)17)26-10-7-21(28)8-11-26)14-27(20-5-6-20)24(29)18-9-12-30-15-18/h2-4,9,12-13,15,20-21,28H,5-8,10-11,14H2,1H3. The lowest BCUT2D eigenvalue weighted by atomic mass is 10.0. The van der Waals surface area contributed by atoms with Crippen molar-refractivity contribution >= 4 is 22.6 Å². The van der Waals surface area contributed by atoms with E-state index >= 15 is 0 Å². The smallest absolute Gasteiger partial charge is 0.257 e. The number of aliphatic hydroxyl groups excluding tert-OH is 1. The Morgan fingerprint density at radius 3 is 2.73 bits per heavy atom. The normalized spacial score (nSPS) is 17.5. The Bertz CT molecular complexity index is 1050. The summed E-state index contributed by atoms with van der Waals surface area (Å²) in [5.74, 6) is 0.949. The van der Waals surface area contributed by atoms with Crippen molar-refractivity contribution in [1.29, 1.82) is 0 Å². The number of carbonyl (C=O) groups is 1. The van der Waals surface area contributed by atoms with Crippen molar-refractivity contribution < 1.29 is 14.3 Å². The van der Waals surface area contributed by atoms with Gasteiger partial charge >= 0.3 is 0 Å². The van der Waals surface area contributed by atoms with Gasteiger partial charge in [0.25, 0.3) is 5.91 Å². The molecule has 0 bridgehead atoms. The first-order valence-electron chi connectivity index (χ1n) is 10.8. The maximum Gasteiger partial charge on any atom is 0.257 e. The summed E-state index contributed by atoms with van der Waals surface area (Å²) in [5, 5.41) is 11.0. The Labute approximate surface area is 176 Å². The molecule has 1 N–H and O–H groups in total. The summed E-state index contributed by atoms with van der Waals surface area (Å²) in [5.41, 5.74) is 3.80. The van der Waals surface area contributed by atoms with Crippen molar-refractivity contribution in [2.24, 2.45) is 0 Å². The second-order valence-electron chi connectivity index (χ2n) is 8.51. The molecular weight excluding hydrogens is 378 g/mol. The van der Waals surface area contributed by atoms with Gasteiger partial charge in [-0.2, -0.15) is 0 Å². The largest absolute Gasteiger partial charge is 0.472 e. The van der Waals surface area contributed by atoms with Crippen LogP contribution < -0.4 is 4.90 Å². The number of pyridine rings is 1. The number of nitrogens with zero attached hydrogens (tertiary/aromatic N) is 3. The van der Waals surface area contributed by atoms with Crippen molar-refractivity contribution in [2.75, 3.05) is 18.0 Å². The summed E-state index contributed by atoms with van der Waals surface area (Å²) >= 11 is 0. The maximum absolute atomic E-state index is 13.1. The molecule has 5 rings (SSSR count). The minimum Gasteiger partial charge on any atom is -0.472 e. The maximum atomic E-state index is 13.1. The second-order valence-corrected chi connectivity index (χ2v) is 8.51. The quantitative estimate of drug-likeness (QED) is 0.697. The minimum atomic E-state index is -0.238. The van der Waals surface area contributed by atoms with Gasteiger partial charge in [-0.3, -0.25) is 4.79 Å². The van der Waals surface area contributed by atoms with Crippen LogP contribution in [0.25, 0.3) is 10.9 Å². The van der Waals surface area contributed by atoms with E-state index in [4.69, 9.17) is 9.40 Å². The first kappa shape index (κ1) is 19.1. The molecule has 0 spiro atoms. The van der Waals surface area contributed by atoms with E-state index in [0.717, 1.165) is 66.6 Å². The molecule has 2 aromatic heterocycles. The molecular formula is C24H27N3O3. The van der Waals surface area contributed by atoms with Gasteiger partial charge in [0.15, 0.2) is 0 Å².